The number of nitro groups is 1. The van der Waals surface area contributed by atoms with Gasteiger partial charge in [-0.3, -0.25) is 19.7 Å². The second-order valence-corrected chi connectivity index (χ2v) is 9.66. The first-order valence-corrected chi connectivity index (χ1v) is 12.8. The van der Waals surface area contributed by atoms with Crippen LogP contribution in [0.4, 0.5) is 14.5 Å². The lowest BCUT2D eigenvalue weighted by Crippen LogP contribution is -2.34. The summed E-state index contributed by atoms with van der Waals surface area (Å²) >= 11 is 0. The maximum absolute atomic E-state index is 13.7. The summed E-state index contributed by atoms with van der Waals surface area (Å²) < 4.78 is 32.3. The molecule has 1 saturated carbocycles. The van der Waals surface area contributed by atoms with E-state index in [0.29, 0.717) is 11.3 Å². The van der Waals surface area contributed by atoms with Crippen molar-refractivity contribution in [3.8, 4) is 0 Å². The number of nitrogens with zero attached hydrogens (tertiary/aromatic N) is 3. The topological polar surface area (TPSA) is 102 Å². The first kappa shape index (κ1) is 26.9. The Hall–Kier alpha value is -4.73. The van der Waals surface area contributed by atoms with Gasteiger partial charge in [0.15, 0.2) is 6.61 Å². The summed E-state index contributed by atoms with van der Waals surface area (Å²) in [7, 11) is 0. The van der Waals surface area contributed by atoms with E-state index in [0.717, 1.165) is 30.4 Å². The third kappa shape index (κ3) is 5.80. The van der Waals surface area contributed by atoms with Gasteiger partial charge < -0.3 is 4.74 Å². The van der Waals surface area contributed by atoms with Crippen molar-refractivity contribution in [2.45, 2.75) is 31.7 Å². The van der Waals surface area contributed by atoms with Crippen LogP contribution in [0.15, 0.2) is 83.5 Å². The second-order valence-electron chi connectivity index (χ2n) is 9.66. The van der Waals surface area contributed by atoms with E-state index in [9.17, 15) is 28.5 Å². The van der Waals surface area contributed by atoms with E-state index >= 15 is 0 Å². The standard InChI is InChI=1S/C30H25F2N3O5/c31-23-12-8-19(9-13-23)16-22-5-3-6-25-29(22)33-34(30(25)20-10-14-24(32)15-11-20)27(36)18-40-28(37)17-21-4-1-2-7-26(21)35(38)39/h1-2,4,7-16,25,30H,3,5-6,17-18H2. The van der Waals surface area contributed by atoms with Crippen molar-refractivity contribution in [1.29, 1.82) is 0 Å². The zero-order valence-corrected chi connectivity index (χ0v) is 21.3. The van der Waals surface area contributed by atoms with Crippen molar-refractivity contribution in [3.63, 3.8) is 0 Å². The number of nitro benzene ring substituents is 1. The van der Waals surface area contributed by atoms with Crippen LogP contribution in [0.5, 0.6) is 0 Å². The number of ether oxygens (including phenoxy) is 1. The highest BCUT2D eigenvalue weighted by Gasteiger charge is 2.43. The monoisotopic (exact) mass is 545 g/mol. The maximum atomic E-state index is 13.7. The van der Waals surface area contributed by atoms with Gasteiger partial charge in [-0.15, -0.1) is 0 Å². The van der Waals surface area contributed by atoms with Gasteiger partial charge in [-0.05, 0) is 66.3 Å². The van der Waals surface area contributed by atoms with Crippen LogP contribution in [0.25, 0.3) is 6.08 Å². The lowest BCUT2D eigenvalue weighted by molar-refractivity contribution is -0.385. The Morgan fingerprint density at radius 1 is 1.02 bits per heavy atom. The molecule has 1 fully saturated rings. The number of fused-ring (bicyclic) bond motifs is 1. The Morgan fingerprint density at radius 2 is 1.70 bits per heavy atom. The Kier molecular flexibility index (Phi) is 7.77. The van der Waals surface area contributed by atoms with Gasteiger partial charge in [0.05, 0.1) is 23.1 Å². The molecule has 10 heteroatoms. The van der Waals surface area contributed by atoms with Crippen molar-refractivity contribution >= 4 is 29.4 Å². The lowest BCUT2D eigenvalue weighted by Gasteiger charge is -2.29. The summed E-state index contributed by atoms with van der Waals surface area (Å²) in [6.45, 7) is -0.613. The van der Waals surface area contributed by atoms with Gasteiger partial charge in [-0.25, -0.2) is 13.8 Å². The Labute approximate surface area is 228 Å². The van der Waals surface area contributed by atoms with E-state index in [1.54, 1.807) is 30.3 Å². The molecule has 0 N–H and O–H groups in total. The number of hydrogen-bond acceptors (Lipinski definition) is 6. The highest BCUT2D eigenvalue weighted by Crippen LogP contribution is 2.44. The van der Waals surface area contributed by atoms with Gasteiger partial charge in [-0.2, -0.15) is 5.10 Å². The highest BCUT2D eigenvalue weighted by molar-refractivity contribution is 6.08. The summed E-state index contributed by atoms with van der Waals surface area (Å²) in [5.41, 5.74) is 3.08. The molecule has 1 amide bonds. The average molecular weight is 546 g/mol. The summed E-state index contributed by atoms with van der Waals surface area (Å²) in [6.07, 6.45) is 3.85. The summed E-state index contributed by atoms with van der Waals surface area (Å²) in [4.78, 5) is 36.5. The molecular formula is C30H25F2N3O5. The second kappa shape index (κ2) is 11.6. The molecule has 8 nitrogen and oxygen atoms in total. The van der Waals surface area contributed by atoms with E-state index in [-0.39, 0.29) is 29.4 Å². The average Bonchev–Trinajstić information content (AvgIpc) is 3.34. The van der Waals surface area contributed by atoms with Crippen LogP contribution in [-0.2, 0) is 20.7 Å². The van der Waals surface area contributed by atoms with Gasteiger partial charge in [0, 0.05) is 17.5 Å². The number of amides is 1. The predicted molar refractivity (Wildman–Crippen MR) is 143 cm³/mol. The van der Waals surface area contributed by atoms with Gasteiger partial charge >= 0.3 is 5.97 Å². The molecule has 1 heterocycles. The summed E-state index contributed by atoms with van der Waals surface area (Å²) in [5, 5.41) is 17.2. The number of para-hydroxylation sites is 1. The van der Waals surface area contributed by atoms with E-state index < -0.39 is 35.3 Å². The van der Waals surface area contributed by atoms with Crippen LogP contribution in [0, 0.1) is 27.7 Å². The number of hydrazone groups is 1. The van der Waals surface area contributed by atoms with Crippen molar-refractivity contribution < 1.29 is 28.0 Å². The molecule has 2 atom stereocenters. The number of rotatable bonds is 7. The normalized spacial score (nSPS) is 19.2. The largest absolute Gasteiger partial charge is 0.455 e. The van der Waals surface area contributed by atoms with Crippen LogP contribution >= 0.6 is 0 Å². The molecule has 0 aromatic heterocycles. The first-order valence-electron chi connectivity index (χ1n) is 12.8. The zero-order valence-electron chi connectivity index (χ0n) is 21.3. The molecule has 0 radical (unpaired) electrons. The number of halogens is 2. The molecular weight excluding hydrogens is 520 g/mol. The number of carbonyl (C=O) groups is 2. The van der Waals surface area contributed by atoms with Gasteiger partial charge in [0.25, 0.3) is 11.6 Å². The van der Waals surface area contributed by atoms with Gasteiger partial charge in [-0.1, -0.05) is 42.5 Å². The molecule has 0 bridgehead atoms. The number of allylic oxidation sites excluding steroid dienone is 1. The van der Waals surface area contributed by atoms with Crippen molar-refractivity contribution in [3.05, 3.63) is 117 Å². The van der Waals surface area contributed by atoms with Crippen molar-refractivity contribution in [2.75, 3.05) is 6.61 Å². The van der Waals surface area contributed by atoms with Crippen molar-refractivity contribution in [2.24, 2.45) is 11.0 Å². The molecule has 204 valence electrons. The van der Waals surface area contributed by atoms with Crippen LogP contribution < -0.4 is 0 Å². The smallest absolute Gasteiger partial charge is 0.311 e. The maximum Gasteiger partial charge on any atom is 0.311 e. The Morgan fingerprint density at radius 3 is 2.40 bits per heavy atom. The third-order valence-corrected chi connectivity index (χ3v) is 7.06. The van der Waals surface area contributed by atoms with E-state index in [1.165, 1.54) is 47.5 Å². The number of benzene rings is 3. The van der Waals surface area contributed by atoms with Gasteiger partial charge in [0.2, 0.25) is 0 Å². The third-order valence-electron chi connectivity index (χ3n) is 7.06. The highest BCUT2D eigenvalue weighted by atomic mass is 19.1. The Bertz CT molecular complexity index is 1500. The van der Waals surface area contributed by atoms with E-state index in [1.807, 2.05) is 6.08 Å². The van der Waals surface area contributed by atoms with Crippen LogP contribution in [-0.4, -0.2) is 34.1 Å². The first-order chi connectivity index (χ1) is 19.3. The minimum atomic E-state index is -0.790. The quantitative estimate of drug-likeness (QED) is 0.213. The molecule has 40 heavy (non-hydrogen) atoms. The molecule has 3 aromatic carbocycles. The van der Waals surface area contributed by atoms with Crippen LogP contribution in [0.1, 0.15) is 42.0 Å². The summed E-state index contributed by atoms with van der Waals surface area (Å²) in [6, 6.07) is 17.2. The fourth-order valence-electron chi connectivity index (χ4n) is 5.21. The Balaban J connectivity index is 1.38. The predicted octanol–water partition coefficient (Wildman–Crippen LogP) is 5.78. The minimum Gasteiger partial charge on any atom is -0.455 e. The molecule has 1 aliphatic heterocycles. The van der Waals surface area contributed by atoms with Gasteiger partial charge in [0.1, 0.15) is 11.6 Å². The van der Waals surface area contributed by atoms with E-state index in [4.69, 9.17) is 4.74 Å². The van der Waals surface area contributed by atoms with Crippen LogP contribution in [0.3, 0.4) is 0 Å². The molecule has 2 unspecified atom stereocenters. The number of hydrogen-bond donors (Lipinski definition) is 0. The lowest BCUT2D eigenvalue weighted by atomic mass is 9.77. The fourth-order valence-corrected chi connectivity index (χ4v) is 5.21. The van der Waals surface area contributed by atoms with Crippen LogP contribution in [0.2, 0.25) is 0 Å². The molecule has 0 saturated heterocycles. The molecule has 2 aliphatic rings. The molecule has 1 aliphatic carbocycles. The minimum absolute atomic E-state index is 0.169. The molecule has 0 spiro atoms. The number of esters is 1. The SMILES string of the molecule is O=C(Cc1ccccc1[N+](=O)[O-])OCC(=O)N1N=C2C(=Cc3ccc(F)cc3)CCCC2C1c1ccc(F)cc1. The zero-order chi connectivity index (χ0) is 28.2. The molecule has 3 aromatic rings. The van der Waals surface area contributed by atoms with E-state index in [2.05, 4.69) is 5.10 Å². The fraction of sp³-hybridized carbons (Fsp3) is 0.233. The van der Waals surface area contributed by atoms with Crippen molar-refractivity contribution in [1.82, 2.24) is 5.01 Å². The molecule has 5 rings (SSSR count). The number of carbonyl (C=O) groups excluding carboxylic acids is 2. The summed E-state index contributed by atoms with van der Waals surface area (Å²) in [5.74, 6) is -2.29.